The zero-order chi connectivity index (χ0) is 23.8. The van der Waals surface area contributed by atoms with E-state index in [1.165, 1.54) is 43.3 Å². The van der Waals surface area contributed by atoms with Crippen molar-refractivity contribution in [1.29, 1.82) is 0 Å². The molecule has 0 N–H and O–H groups in total. The molecule has 31 heavy (non-hydrogen) atoms. The normalized spacial score (nSPS) is 18.4. The lowest BCUT2D eigenvalue weighted by Crippen LogP contribution is -2.46. The van der Waals surface area contributed by atoms with Crippen molar-refractivity contribution in [2.75, 3.05) is 0 Å². The van der Waals surface area contributed by atoms with Crippen molar-refractivity contribution >= 4 is 8.32 Å². The molecule has 1 aliphatic rings. The van der Waals surface area contributed by atoms with Crippen LogP contribution in [-0.2, 0) is 4.43 Å². The van der Waals surface area contributed by atoms with Gasteiger partial charge in [0.25, 0.3) is 8.32 Å². The average Bonchev–Trinajstić information content (AvgIpc) is 2.65. The molecule has 0 fully saturated rings. The molecule has 0 aromatic rings. The molecule has 0 saturated heterocycles. The van der Waals surface area contributed by atoms with E-state index in [-0.39, 0.29) is 0 Å². The van der Waals surface area contributed by atoms with Crippen LogP contribution in [0, 0.1) is 5.41 Å². The van der Waals surface area contributed by atoms with Crippen LogP contribution < -0.4 is 0 Å². The van der Waals surface area contributed by atoms with Crippen LogP contribution in [0.1, 0.15) is 114 Å². The Bertz CT molecular complexity index is 651. The first kappa shape index (κ1) is 28.0. The predicted octanol–water partition coefficient (Wildman–Crippen LogP) is 10.3. The maximum atomic E-state index is 6.66. The fraction of sp³-hybridized carbons (Fsp3) is 0.724. The summed E-state index contributed by atoms with van der Waals surface area (Å²) >= 11 is 0. The molecule has 0 spiro atoms. The summed E-state index contributed by atoms with van der Waals surface area (Å²) in [5.41, 5.74) is 8.28. The Morgan fingerprint density at radius 2 is 1.65 bits per heavy atom. The monoisotopic (exact) mass is 444 g/mol. The second-order valence-corrected chi connectivity index (χ2v) is 16.8. The molecular formula is C29H52OSi. The SMILES string of the molecule is C=C/C(=C/O[Si](C(C)C)(C(C)C)C(C)C)CC/C=C(\C)CCC1=C(C)CCCC1(C)C. The second-order valence-electron chi connectivity index (χ2n) is 11.4. The van der Waals surface area contributed by atoms with Crippen molar-refractivity contribution < 1.29 is 4.43 Å². The van der Waals surface area contributed by atoms with Gasteiger partial charge in [0.15, 0.2) is 0 Å². The molecular weight excluding hydrogens is 392 g/mol. The van der Waals surface area contributed by atoms with Gasteiger partial charge >= 0.3 is 0 Å². The third-order valence-electron chi connectivity index (χ3n) is 7.76. The minimum atomic E-state index is -1.86. The molecule has 0 radical (unpaired) electrons. The zero-order valence-corrected chi connectivity index (χ0v) is 23.5. The number of allylic oxidation sites excluding steroid dienone is 6. The van der Waals surface area contributed by atoms with Crippen LogP contribution in [0.2, 0.25) is 16.6 Å². The number of hydrogen-bond acceptors (Lipinski definition) is 1. The van der Waals surface area contributed by atoms with Gasteiger partial charge in [-0.2, -0.15) is 0 Å². The van der Waals surface area contributed by atoms with Gasteiger partial charge in [0.1, 0.15) is 0 Å². The van der Waals surface area contributed by atoms with Crippen LogP contribution in [0.15, 0.2) is 47.3 Å². The standard InChI is InChI=1S/C29H52OSi/c1-12-27(21-30-31(22(2)3,23(4)5)24(6)7)17-13-15-25(8)18-19-28-26(9)16-14-20-29(28,10)11/h12,15,21-24H,1,13-14,16-20H2,2-11H3/b25-15+,27-21-. The molecule has 1 nitrogen and oxygen atoms in total. The number of rotatable bonds is 12. The molecule has 1 aliphatic carbocycles. The molecule has 0 amide bonds. The maximum absolute atomic E-state index is 6.66. The Morgan fingerprint density at radius 1 is 1.06 bits per heavy atom. The molecule has 0 unspecified atom stereocenters. The van der Waals surface area contributed by atoms with Gasteiger partial charge in [-0.05, 0) is 86.4 Å². The minimum absolute atomic E-state index is 0.387. The summed E-state index contributed by atoms with van der Waals surface area (Å²) in [7, 11) is -1.86. The lowest BCUT2D eigenvalue weighted by atomic mass is 9.71. The van der Waals surface area contributed by atoms with Gasteiger partial charge in [0, 0.05) is 0 Å². The topological polar surface area (TPSA) is 9.23 Å². The third-order valence-corrected chi connectivity index (χ3v) is 13.7. The number of hydrogen-bond donors (Lipinski definition) is 0. The molecule has 0 atom stereocenters. The van der Waals surface area contributed by atoms with Crippen molar-refractivity contribution in [3.8, 4) is 0 Å². The van der Waals surface area contributed by atoms with Gasteiger partial charge in [-0.1, -0.05) is 90.8 Å². The molecule has 2 heteroatoms. The summed E-state index contributed by atoms with van der Waals surface area (Å²) < 4.78 is 6.66. The molecule has 0 bridgehead atoms. The molecule has 0 saturated carbocycles. The quantitative estimate of drug-likeness (QED) is 0.126. The van der Waals surface area contributed by atoms with E-state index in [1.54, 1.807) is 11.1 Å². The summed E-state index contributed by atoms with van der Waals surface area (Å²) in [5, 5.41) is 0. The van der Waals surface area contributed by atoms with Crippen molar-refractivity contribution in [3.63, 3.8) is 0 Å². The first-order valence-corrected chi connectivity index (χ1v) is 14.9. The highest BCUT2D eigenvalue weighted by molar-refractivity contribution is 6.77. The third kappa shape index (κ3) is 7.51. The highest BCUT2D eigenvalue weighted by Gasteiger charge is 2.46. The minimum Gasteiger partial charge on any atom is -0.548 e. The van der Waals surface area contributed by atoms with Crippen molar-refractivity contribution in [3.05, 3.63) is 47.3 Å². The van der Waals surface area contributed by atoms with E-state index in [1.807, 2.05) is 6.08 Å². The fourth-order valence-electron chi connectivity index (χ4n) is 5.93. The summed E-state index contributed by atoms with van der Waals surface area (Å²) in [5.74, 6) is 0. The summed E-state index contributed by atoms with van der Waals surface area (Å²) in [6.07, 6.45) is 14.9. The smallest absolute Gasteiger partial charge is 0.257 e. The first-order chi connectivity index (χ1) is 14.4. The zero-order valence-electron chi connectivity index (χ0n) is 22.5. The van der Waals surface area contributed by atoms with E-state index in [4.69, 9.17) is 4.43 Å². The predicted molar refractivity (Wildman–Crippen MR) is 143 cm³/mol. The first-order valence-electron chi connectivity index (χ1n) is 12.7. The fourth-order valence-corrected chi connectivity index (χ4v) is 11.1. The molecule has 0 aromatic carbocycles. The second kappa shape index (κ2) is 12.3. The van der Waals surface area contributed by atoms with Crippen molar-refractivity contribution in [1.82, 2.24) is 0 Å². The van der Waals surface area contributed by atoms with Crippen LogP contribution in [0.5, 0.6) is 0 Å². The Labute approximate surface area is 196 Å². The van der Waals surface area contributed by atoms with E-state index in [0.29, 0.717) is 22.0 Å². The highest BCUT2D eigenvalue weighted by Crippen LogP contribution is 2.43. The lowest BCUT2D eigenvalue weighted by molar-refractivity contribution is 0.354. The van der Waals surface area contributed by atoms with Gasteiger partial charge in [0.2, 0.25) is 0 Å². The highest BCUT2D eigenvalue weighted by atomic mass is 28.4. The van der Waals surface area contributed by atoms with Crippen LogP contribution in [0.25, 0.3) is 0 Å². The van der Waals surface area contributed by atoms with E-state index in [9.17, 15) is 0 Å². The van der Waals surface area contributed by atoms with Crippen molar-refractivity contribution in [2.24, 2.45) is 5.41 Å². The van der Waals surface area contributed by atoms with E-state index in [0.717, 1.165) is 12.8 Å². The van der Waals surface area contributed by atoms with Crippen LogP contribution in [-0.4, -0.2) is 8.32 Å². The van der Waals surface area contributed by atoms with Crippen LogP contribution in [0.3, 0.4) is 0 Å². The summed E-state index contributed by atoms with van der Waals surface area (Å²) in [6.45, 7) is 27.6. The van der Waals surface area contributed by atoms with Crippen LogP contribution in [0.4, 0.5) is 0 Å². The van der Waals surface area contributed by atoms with Crippen molar-refractivity contribution in [2.45, 2.75) is 131 Å². The molecule has 178 valence electrons. The van der Waals surface area contributed by atoms with Gasteiger partial charge < -0.3 is 4.43 Å². The van der Waals surface area contributed by atoms with Gasteiger partial charge in [-0.25, -0.2) is 0 Å². The Hall–Kier alpha value is -1.02. The van der Waals surface area contributed by atoms with E-state index in [2.05, 4.69) is 88.2 Å². The van der Waals surface area contributed by atoms with Crippen LogP contribution >= 0.6 is 0 Å². The van der Waals surface area contributed by atoms with E-state index >= 15 is 0 Å². The lowest BCUT2D eigenvalue weighted by Gasteiger charge is -2.41. The molecule has 0 heterocycles. The largest absolute Gasteiger partial charge is 0.548 e. The summed E-state index contributed by atoms with van der Waals surface area (Å²) in [4.78, 5) is 0. The van der Waals surface area contributed by atoms with Gasteiger partial charge in [0.05, 0.1) is 6.26 Å². The Morgan fingerprint density at radius 3 is 2.13 bits per heavy atom. The Kier molecular flexibility index (Phi) is 11.1. The molecule has 1 rings (SSSR count). The van der Waals surface area contributed by atoms with E-state index < -0.39 is 8.32 Å². The molecule has 0 aromatic heterocycles. The Balaban J connectivity index is 2.73. The van der Waals surface area contributed by atoms with Gasteiger partial charge in [-0.3, -0.25) is 0 Å². The van der Waals surface area contributed by atoms with Gasteiger partial charge in [-0.15, -0.1) is 0 Å². The molecule has 0 aliphatic heterocycles. The summed E-state index contributed by atoms with van der Waals surface area (Å²) in [6, 6.07) is 0. The average molecular weight is 445 g/mol. The maximum Gasteiger partial charge on any atom is 0.257 e.